The van der Waals surface area contributed by atoms with Gasteiger partial charge in [0.25, 0.3) is 5.56 Å². The Morgan fingerprint density at radius 2 is 1.84 bits per heavy atom. The van der Waals surface area contributed by atoms with E-state index < -0.39 is 0 Å². The molecule has 1 unspecified atom stereocenters. The Balaban J connectivity index is 1.35. The van der Waals surface area contributed by atoms with E-state index >= 15 is 0 Å². The first kappa shape index (κ1) is 21.5. The summed E-state index contributed by atoms with van der Waals surface area (Å²) in [6.45, 7) is 6.00. The van der Waals surface area contributed by atoms with Crippen LogP contribution in [0, 0.1) is 13.8 Å². The lowest BCUT2D eigenvalue weighted by Crippen LogP contribution is -2.26. The summed E-state index contributed by atoms with van der Waals surface area (Å²) in [7, 11) is 0. The lowest BCUT2D eigenvalue weighted by atomic mass is 10.1. The number of rotatable bonds is 7. The van der Waals surface area contributed by atoms with Gasteiger partial charge in [-0.05, 0) is 56.3 Å². The van der Waals surface area contributed by atoms with Gasteiger partial charge >= 0.3 is 0 Å². The number of aromatic nitrogens is 3. The van der Waals surface area contributed by atoms with Gasteiger partial charge in [0.1, 0.15) is 0 Å². The van der Waals surface area contributed by atoms with Gasteiger partial charge in [-0.3, -0.25) is 9.59 Å². The second-order valence-corrected chi connectivity index (χ2v) is 8.17. The van der Waals surface area contributed by atoms with E-state index in [1.165, 1.54) is 5.56 Å². The number of aromatic amines is 1. The van der Waals surface area contributed by atoms with Crippen LogP contribution in [0.1, 0.15) is 48.4 Å². The fourth-order valence-electron chi connectivity index (χ4n) is 3.61. The van der Waals surface area contributed by atoms with E-state index in [1.807, 2.05) is 63.2 Å². The van der Waals surface area contributed by atoms with Crippen molar-refractivity contribution >= 4 is 16.8 Å². The third-order valence-corrected chi connectivity index (χ3v) is 5.46. The highest BCUT2D eigenvalue weighted by molar-refractivity contribution is 5.82. The maximum Gasteiger partial charge on any atom is 0.259 e. The third-order valence-electron chi connectivity index (χ3n) is 5.46. The molecule has 7 heteroatoms. The molecule has 0 spiro atoms. The number of carbonyl (C=O) groups excluding carboxylic acids is 1. The highest BCUT2D eigenvalue weighted by Gasteiger charge is 2.14. The molecule has 0 aliphatic heterocycles. The molecule has 0 saturated carbocycles. The number of nitrogens with zero attached hydrogens (tertiary/aromatic N) is 2. The summed E-state index contributed by atoms with van der Waals surface area (Å²) in [5, 5.41) is 7.88. The van der Waals surface area contributed by atoms with E-state index in [1.54, 1.807) is 6.07 Å². The van der Waals surface area contributed by atoms with Crippen LogP contribution < -0.4 is 10.9 Å². The van der Waals surface area contributed by atoms with Gasteiger partial charge in [0.15, 0.2) is 0 Å². The lowest BCUT2D eigenvalue weighted by molar-refractivity contribution is -0.121. The van der Waals surface area contributed by atoms with Crippen molar-refractivity contribution in [2.24, 2.45) is 0 Å². The van der Waals surface area contributed by atoms with Crippen LogP contribution in [0.15, 0.2) is 57.8 Å². The quantitative estimate of drug-likeness (QED) is 0.453. The topological polar surface area (TPSA) is 101 Å². The summed E-state index contributed by atoms with van der Waals surface area (Å²) in [6.07, 6.45) is 1.38. The standard InChI is InChI=1S/C25H26N4O3/c1-15-7-10-18(11-8-15)17(3)26-22(30)5-4-6-23-28-24(29-32-23)20-14-19-13-16(2)9-12-21(19)27-25(20)31/h7-14,17H,4-6H2,1-3H3,(H,26,30)(H,27,31). The van der Waals surface area contributed by atoms with E-state index in [2.05, 4.69) is 20.4 Å². The molecule has 4 rings (SSSR count). The molecular weight excluding hydrogens is 404 g/mol. The average Bonchev–Trinajstić information content (AvgIpc) is 3.22. The molecule has 0 fully saturated rings. The van der Waals surface area contributed by atoms with Gasteiger partial charge in [0.05, 0.1) is 11.6 Å². The Morgan fingerprint density at radius 3 is 2.62 bits per heavy atom. The predicted molar refractivity (Wildman–Crippen MR) is 123 cm³/mol. The first-order valence-electron chi connectivity index (χ1n) is 10.7. The number of pyridine rings is 1. The van der Waals surface area contributed by atoms with Crippen LogP contribution in [0.25, 0.3) is 22.3 Å². The predicted octanol–water partition coefficient (Wildman–Crippen LogP) is 4.40. The first-order chi connectivity index (χ1) is 15.4. The smallest absolute Gasteiger partial charge is 0.259 e. The van der Waals surface area contributed by atoms with Crippen molar-refractivity contribution in [3.8, 4) is 11.4 Å². The van der Waals surface area contributed by atoms with Crippen molar-refractivity contribution in [3.05, 3.63) is 81.5 Å². The number of aryl methyl sites for hydroxylation is 3. The lowest BCUT2D eigenvalue weighted by Gasteiger charge is -2.14. The summed E-state index contributed by atoms with van der Waals surface area (Å²) >= 11 is 0. The normalized spacial score (nSPS) is 12.1. The number of carbonyl (C=O) groups is 1. The van der Waals surface area contributed by atoms with Crippen LogP contribution in [-0.2, 0) is 11.2 Å². The van der Waals surface area contributed by atoms with Gasteiger partial charge < -0.3 is 14.8 Å². The zero-order chi connectivity index (χ0) is 22.7. The van der Waals surface area contributed by atoms with Crippen LogP contribution in [-0.4, -0.2) is 21.0 Å². The van der Waals surface area contributed by atoms with E-state index in [9.17, 15) is 9.59 Å². The molecule has 0 saturated heterocycles. The van der Waals surface area contributed by atoms with Crippen molar-refractivity contribution in [2.75, 3.05) is 0 Å². The van der Waals surface area contributed by atoms with Gasteiger partial charge in [-0.2, -0.15) is 4.98 Å². The Bertz CT molecular complexity index is 1310. The molecule has 1 atom stereocenters. The molecule has 0 aliphatic carbocycles. The number of benzene rings is 2. The molecule has 0 radical (unpaired) electrons. The minimum absolute atomic E-state index is 0.0286. The SMILES string of the molecule is Cc1ccc(C(C)NC(=O)CCCc2nc(-c3cc4cc(C)ccc4[nH]c3=O)no2)cc1. The monoisotopic (exact) mass is 430 g/mol. The van der Waals surface area contributed by atoms with Crippen LogP contribution in [0.3, 0.4) is 0 Å². The highest BCUT2D eigenvalue weighted by Crippen LogP contribution is 2.19. The van der Waals surface area contributed by atoms with Gasteiger partial charge in [0, 0.05) is 18.4 Å². The summed E-state index contributed by atoms with van der Waals surface area (Å²) in [4.78, 5) is 31.9. The van der Waals surface area contributed by atoms with Crippen LogP contribution in [0.4, 0.5) is 0 Å². The second kappa shape index (κ2) is 9.18. The molecule has 1 amide bonds. The molecule has 0 aliphatic rings. The molecule has 164 valence electrons. The Kier molecular flexibility index (Phi) is 6.16. The van der Waals surface area contributed by atoms with Gasteiger partial charge in [-0.25, -0.2) is 0 Å². The zero-order valence-electron chi connectivity index (χ0n) is 18.4. The fourth-order valence-corrected chi connectivity index (χ4v) is 3.61. The first-order valence-corrected chi connectivity index (χ1v) is 10.7. The minimum atomic E-state index is -0.266. The molecule has 32 heavy (non-hydrogen) atoms. The number of amides is 1. The van der Waals surface area contributed by atoms with Crippen molar-refractivity contribution in [1.82, 2.24) is 20.4 Å². The van der Waals surface area contributed by atoms with Crippen molar-refractivity contribution in [2.45, 2.75) is 46.1 Å². The molecule has 2 heterocycles. The summed E-state index contributed by atoms with van der Waals surface area (Å²) in [5.74, 6) is 0.629. The van der Waals surface area contributed by atoms with Gasteiger partial charge in [0.2, 0.25) is 17.6 Å². The highest BCUT2D eigenvalue weighted by atomic mass is 16.5. The maximum absolute atomic E-state index is 12.4. The number of H-pyrrole nitrogens is 1. The van der Waals surface area contributed by atoms with E-state index in [-0.39, 0.29) is 23.3 Å². The van der Waals surface area contributed by atoms with Crippen LogP contribution >= 0.6 is 0 Å². The van der Waals surface area contributed by atoms with Gasteiger partial charge in [-0.15, -0.1) is 0 Å². The third kappa shape index (κ3) is 4.94. The van der Waals surface area contributed by atoms with Gasteiger partial charge in [-0.1, -0.05) is 46.6 Å². The molecule has 7 nitrogen and oxygen atoms in total. The van der Waals surface area contributed by atoms with E-state index in [4.69, 9.17) is 4.52 Å². The maximum atomic E-state index is 12.4. The minimum Gasteiger partial charge on any atom is -0.350 e. The Labute approximate surface area is 185 Å². The van der Waals surface area contributed by atoms with Crippen LogP contribution in [0.5, 0.6) is 0 Å². The molecule has 0 bridgehead atoms. The summed E-state index contributed by atoms with van der Waals surface area (Å²) in [6, 6.07) is 15.7. The van der Waals surface area contributed by atoms with Crippen molar-refractivity contribution in [1.29, 1.82) is 0 Å². The number of hydrogen-bond donors (Lipinski definition) is 2. The van der Waals surface area contributed by atoms with Crippen LogP contribution in [0.2, 0.25) is 0 Å². The average molecular weight is 431 g/mol. The second-order valence-electron chi connectivity index (χ2n) is 8.17. The van der Waals surface area contributed by atoms with E-state index in [0.717, 1.165) is 22.0 Å². The number of hydrogen-bond acceptors (Lipinski definition) is 5. The largest absolute Gasteiger partial charge is 0.350 e. The molecule has 4 aromatic rings. The number of nitrogens with one attached hydrogen (secondary N) is 2. The Morgan fingerprint density at radius 1 is 1.09 bits per heavy atom. The van der Waals surface area contributed by atoms with E-state index in [0.29, 0.717) is 30.7 Å². The van der Waals surface area contributed by atoms with Crippen molar-refractivity contribution < 1.29 is 9.32 Å². The molecular formula is C25H26N4O3. The molecule has 2 N–H and O–H groups in total. The number of fused-ring (bicyclic) bond motifs is 1. The summed E-state index contributed by atoms with van der Waals surface area (Å²) in [5.41, 5.74) is 4.22. The fraction of sp³-hybridized carbons (Fsp3) is 0.280. The summed E-state index contributed by atoms with van der Waals surface area (Å²) < 4.78 is 5.31. The van der Waals surface area contributed by atoms with Crippen molar-refractivity contribution in [3.63, 3.8) is 0 Å². The molecule has 2 aromatic heterocycles. The Hall–Kier alpha value is -3.74. The molecule has 2 aromatic carbocycles. The zero-order valence-corrected chi connectivity index (χ0v) is 18.4.